The average Bonchev–Trinajstić information content (AvgIpc) is 2.37. The summed E-state index contributed by atoms with van der Waals surface area (Å²) in [5, 5.41) is 0. The predicted octanol–water partition coefficient (Wildman–Crippen LogP) is 5.69. The molecule has 0 radical (unpaired) electrons. The van der Waals surface area contributed by atoms with Crippen molar-refractivity contribution in [1.29, 1.82) is 0 Å². The molecule has 0 aliphatic heterocycles. The second-order valence-electron chi connectivity index (χ2n) is 4.46. The zero-order chi connectivity index (χ0) is 13.1. The van der Waals surface area contributed by atoms with Crippen LogP contribution in [-0.2, 0) is 0 Å². The Hall–Kier alpha value is -1.04. The summed E-state index contributed by atoms with van der Waals surface area (Å²) in [6.07, 6.45) is 15.4. The largest absolute Gasteiger partial charge is 0.102 e. The van der Waals surface area contributed by atoms with Gasteiger partial charge in [-0.1, -0.05) is 70.1 Å². The molecule has 0 heteroatoms. The van der Waals surface area contributed by atoms with Gasteiger partial charge in [0.1, 0.15) is 0 Å². The number of allylic oxidation sites excluding steroid dienone is 6. The van der Waals surface area contributed by atoms with Gasteiger partial charge >= 0.3 is 0 Å². The summed E-state index contributed by atoms with van der Waals surface area (Å²) in [4.78, 5) is 0. The Balaban J connectivity index is 4.80. The van der Waals surface area contributed by atoms with Gasteiger partial charge in [-0.15, -0.1) is 6.58 Å². The minimum absolute atomic E-state index is 0.479. The maximum atomic E-state index is 4.01. The van der Waals surface area contributed by atoms with Crippen LogP contribution in [-0.4, -0.2) is 0 Å². The van der Waals surface area contributed by atoms with Gasteiger partial charge in [-0.25, -0.2) is 0 Å². The first kappa shape index (κ1) is 16.0. The van der Waals surface area contributed by atoms with Crippen LogP contribution in [0.2, 0.25) is 0 Å². The van der Waals surface area contributed by atoms with Crippen molar-refractivity contribution in [3.8, 4) is 0 Å². The van der Waals surface area contributed by atoms with Crippen LogP contribution >= 0.6 is 0 Å². The van der Waals surface area contributed by atoms with Crippen LogP contribution < -0.4 is 0 Å². The van der Waals surface area contributed by atoms with Crippen molar-refractivity contribution in [2.45, 2.75) is 46.5 Å². The van der Waals surface area contributed by atoms with Gasteiger partial charge in [0.05, 0.1) is 0 Å². The van der Waals surface area contributed by atoms with Gasteiger partial charge in [0.25, 0.3) is 0 Å². The maximum Gasteiger partial charge on any atom is 0.00402 e. The molecule has 0 aromatic heterocycles. The molecule has 2 unspecified atom stereocenters. The number of rotatable bonds is 9. The highest BCUT2D eigenvalue weighted by molar-refractivity contribution is 5.27. The number of hydrogen-bond donors (Lipinski definition) is 0. The van der Waals surface area contributed by atoms with E-state index in [1.54, 1.807) is 0 Å². The van der Waals surface area contributed by atoms with E-state index in [2.05, 4.69) is 52.2 Å². The third-order valence-electron chi connectivity index (χ3n) is 3.36. The molecule has 0 rings (SSSR count). The monoisotopic (exact) mass is 232 g/mol. The van der Waals surface area contributed by atoms with Gasteiger partial charge in [0, 0.05) is 5.92 Å². The van der Waals surface area contributed by atoms with Crippen LogP contribution in [0.15, 0.2) is 49.1 Å². The number of hydrogen-bond acceptors (Lipinski definition) is 0. The average molecular weight is 232 g/mol. The lowest BCUT2D eigenvalue weighted by Gasteiger charge is -2.24. The van der Waals surface area contributed by atoms with Crippen LogP contribution in [0.4, 0.5) is 0 Å². The lowest BCUT2D eigenvalue weighted by Crippen LogP contribution is -2.13. The molecular weight excluding hydrogens is 204 g/mol. The van der Waals surface area contributed by atoms with Crippen molar-refractivity contribution < 1.29 is 0 Å². The molecule has 2 atom stereocenters. The second-order valence-corrected chi connectivity index (χ2v) is 4.46. The van der Waals surface area contributed by atoms with Crippen molar-refractivity contribution >= 4 is 0 Å². The molecule has 0 bridgehead atoms. The molecule has 0 aliphatic rings. The Kier molecular flexibility index (Phi) is 9.52. The molecule has 0 saturated carbocycles. The summed E-state index contributed by atoms with van der Waals surface area (Å²) in [6.45, 7) is 14.4. The maximum absolute atomic E-state index is 4.01. The van der Waals surface area contributed by atoms with Crippen LogP contribution in [0.25, 0.3) is 0 Å². The van der Waals surface area contributed by atoms with Gasteiger partial charge in [-0.3, -0.25) is 0 Å². The summed E-state index contributed by atoms with van der Waals surface area (Å²) >= 11 is 0. The molecule has 0 saturated heterocycles. The first-order valence-electron chi connectivity index (χ1n) is 6.82. The minimum atomic E-state index is 0.479. The molecule has 0 nitrogen and oxygen atoms in total. The fourth-order valence-corrected chi connectivity index (χ4v) is 2.28. The normalized spacial score (nSPS) is 15.8. The SMILES string of the molecule is C=CC=CC(=CC)C(C=C)C(CC)CCCC. The molecule has 0 N–H and O–H groups in total. The summed E-state index contributed by atoms with van der Waals surface area (Å²) in [7, 11) is 0. The minimum Gasteiger partial charge on any atom is -0.102 e. The molecule has 0 aliphatic carbocycles. The molecule has 17 heavy (non-hydrogen) atoms. The Morgan fingerprint density at radius 3 is 2.35 bits per heavy atom. The Bertz CT molecular complexity index is 268. The molecule has 0 spiro atoms. The third kappa shape index (κ3) is 5.72. The van der Waals surface area contributed by atoms with E-state index in [4.69, 9.17) is 0 Å². The van der Waals surface area contributed by atoms with Crippen LogP contribution in [0, 0.1) is 11.8 Å². The van der Waals surface area contributed by atoms with E-state index in [1.807, 2.05) is 12.2 Å². The van der Waals surface area contributed by atoms with Crippen molar-refractivity contribution in [2.24, 2.45) is 11.8 Å². The summed E-state index contributed by atoms with van der Waals surface area (Å²) in [6, 6.07) is 0. The van der Waals surface area contributed by atoms with Gasteiger partial charge in [0.2, 0.25) is 0 Å². The van der Waals surface area contributed by atoms with E-state index < -0.39 is 0 Å². The topological polar surface area (TPSA) is 0 Å². The quantitative estimate of drug-likeness (QED) is 0.353. The highest BCUT2D eigenvalue weighted by atomic mass is 14.2. The molecule has 0 fully saturated rings. The van der Waals surface area contributed by atoms with Crippen LogP contribution in [0.3, 0.4) is 0 Å². The van der Waals surface area contributed by atoms with E-state index >= 15 is 0 Å². The predicted molar refractivity (Wildman–Crippen MR) is 80.1 cm³/mol. The van der Waals surface area contributed by atoms with Gasteiger partial charge in [0.15, 0.2) is 0 Å². The smallest absolute Gasteiger partial charge is 0.00402 e. The van der Waals surface area contributed by atoms with Gasteiger partial charge < -0.3 is 0 Å². The van der Waals surface area contributed by atoms with Crippen molar-refractivity contribution in [2.75, 3.05) is 0 Å². The fraction of sp³-hybridized carbons (Fsp3) is 0.529. The lowest BCUT2D eigenvalue weighted by molar-refractivity contribution is 0.386. The van der Waals surface area contributed by atoms with Crippen molar-refractivity contribution in [3.05, 3.63) is 49.1 Å². The Morgan fingerprint density at radius 2 is 1.94 bits per heavy atom. The summed E-state index contributed by atoms with van der Waals surface area (Å²) < 4.78 is 0. The van der Waals surface area contributed by atoms with E-state index in [0.29, 0.717) is 11.8 Å². The van der Waals surface area contributed by atoms with Crippen molar-refractivity contribution in [1.82, 2.24) is 0 Å². The van der Waals surface area contributed by atoms with Gasteiger partial charge in [-0.2, -0.15) is 0 Å². The highest BCUT2D eigenvalue weighted by Crippen LogP contribution is 2.29. The second kappa shape index (κ2) is 10.1. The highest BCUT2D eigenvalue weighted by Gasteiger charge is 2.18. The fourth-order valence-electron chi connectivity index (χ4n) is 2.28. The van der Waals surface area contributed by atoms with Crippen molar-refractivity contribution in [3.63, 3.8) is 0 Å². The molecule has 96 valence electrons. The first-order valence-corrected chi connectivity index (χ1v) is 6.82. The molecule has 0 aromatic rings. The van der Waals surface area contributed by atoms with Crippen LogP contribution in [0.5, 0.6) is 0 Å². The molecule has 0 aromatic carbocycles. The Labute approximate surface area is 108 Å². The zero-order valence-electron chi connectivity index (χ0n) is 11.8. The van der Waals surface area contributed by atoms with E-state index in [0.717, 1.165) is 0 Å². The summed E-state index contributed by atoms with van der Waals surface area (Å²) in [5.74, 6) is 1.20. The van der Waals surface area contributed by atoms with E-state index in [-0.39, 0.29) is 0 Å². The van der Waals surface area contributed by atoms with Gasteiger partial charge in [-0.05, 0) is 24.8 Å². The molecule has 0 amide bonds. The first-order chi connectivity index (χ1) is 8.24. The molecule has 0 heterocycles. The third-order valence-corrected chi connectivity index (χ3v) is 3.36. The van der Waals surface area contributed by atoms with E-state index in [1.165, 1.54) is 31.3 Å². The standard InChI is InChI=1S/C17H28/c1-6-11-13-15(8-3)17(10-5)16(9-4)14-12-7-2/h6,8,10-11,13,16-17H,1,5,7,9,12,14H2,2-4H3. The van der Waals surface area contributed by atoms with Crippen LogP contribution in [0.1, 0.15) is 46.5 Å². The summed E-state index contributed by atoms with van der Waals surface area (Å²) in [5.41, 5.74) is 1.36. The number of unbranched alkanes of at least 4 members (excludes halogenated alkanes) is 1. The lowest BCUT2D eigenvalue weighted by atomic mass is 9.80. The Morgan fingerprint density at radius 1 is 1.24 bits per heavy atom. The molecular formula is C17H28. The zero-order valence-corrected chi connectivity index (χ0v) is 11.8. The van der Waals surface area contributed by atoms with E-state index in [9.17, 15) is 0 Å².